The summed E-state index contributed by atoms with van der Waals surface area (Å²) in [6, 6.07) is 17.8. The molecule has 0 aromatic heterocycles. The second-order valence-corrected chi connectivity index (χ2v) is 5.84. The molecular formula is C19H19N. The Labute approximate surface area is 119 Å². The van der Waals surface area contributed by atoms with Crippen LogP contribution in [0.2, 0.25) is 0 Å². The van der Waals surface area contributed by atoms with Crippen LogP contribution < -0.4 is 5.73 Å². The van der Waals surface area contributed by atoms with Crippen molar-refractivity contribution in [2.45, 2.75) is 25.2 Å². The molecule has 0 bridgehead atoms. The molecule has 0 saturated heterocycles. The van der Waals surface area contributed by atoms with Crippen molar-refractivity contribution in [3.63, 3.8) is 0 Å². The summed E-state index contributed by atoms with van der Waals surface area (Å²) in [5.41, 5.74) is 8.98. The fourth-order valence-corrected chi connectivity index (χ4v) is 3.75. The molecule has 100 valence electrons. The highest BCUT2D eigenvalue weighted by Gasteiger charge is 2.20. The monoisotopic (exact) mass is 261 g/mol. The topological polar surface area (TPSA) is 26.0 Å². The van der Waals surface area contributed by atoms with E-state index in [1.807, 2.05) is 0 Å². The molecule has 0 heterocycles. The van der Waals surface area contributed by atoms with E-state index in [1.165, 1.54) is 51.9 Å². The Hall–Kier alpha value is -1.86. The van der Waals surface area contributed by atoms with Crippen LogP contribution in [-0.2, 0) is 6.42 Å². The number of nitrogens with two attached hydrogens (primary N) is 1. The van der Waals surface area contributed by atoms with Crippen molar-refractivity contribution < 1.29 is 0 Å². The Morgan fingerprint density at radius 2 is 1.75 bits per heavy atom. The number of hydrogen-bond donors (Lipinski definition) is 1. The van der Waals surface area contributed by atoms with Crippen molar-refractivity contribution in [3.05, 3.63) is 59.7 Å². The fourth-order valence-electron chi connectivity index (χ4n) is 3.75. The molecule has 1 aliphatic carbocycles. The van der Waals surface area contributed by atoms with Gasteiger partial charge >= 0.3 is 0 Å². The first-order chi connectivity index (χ1) is 9.88. The van der Waals surface area contributed by atoms with Crippen LogP contribution in [0.15, 0.2) is 48.5 Å². The summed E-state index contributed by atoms with van der Waals surface area (Å²) in [5, 5.41) is 5.51. The summed E-state index contributed by atoms with van der Waals surface area (Å²) in [4.78, 5) is 0. The van der Waals surface area contributed by atoms with Gasteiger partial charge in [0.05, 0.1) is 0 Å². The average Bonchev–Trinajstić information content (AvgIpc) is 2.53. The molecule has 3 aromatic rings. The van der Waals surface area contributed by atoms with Gasteiger partial charge in [-0.25, -0.2) is 0 Å². The SMILES string of the molecule is NCC1CCCc2c1ccc1c2ccc2ccccc21. The smallest absolute Gasteiger partial charge is 0.000813 e. The average molecular weight is 261 g/mol. The highest BCUT2D eigenvalue weighted by Crippen LogP contribution is 2.37. The third kappa shape index (κ3) is 1.66. The zero-order valence-electron chi connectivity index (χ0n) is 11.6. The number of hydrogen-bond acceptors (Lipinski definition) is 1. The van der Waals surface area contributed by atoms with E-state index in [0.29, 0.717) is 5.92 Å². The van der Waals surface area contributed by atoms with Gasteiger partial charge in [0.2, 0.25) is 0 Å². The largest absolute Gasteiger partial charge is 0.330 e. The number of rotatable bonds is 1. The Morgan fingerprint density at radius 3 is 2.65 bits per heavy atom. The van der Waals surface area contributed by atoms with Gasteiger partial charge in [-0.15, -0.1) is 0 Å². The number of benzene rings is 3. The number of aryl methyl sites for hydroxylation is 1. The lowest BCUT2D eigenvalue weighted by atomic mass is 9.80. The van der Waals surface area contributed by atoms with Gasteiger partial charge in [-0.2, -0.15) is 0 Å². The summed E-state index contributed by atoms with van der Waals surface area (Å²) < 4.78 is 0. The van der Waals surface area contributed by atoms with Crippen LogP contribution in [0.3, 0.4) is 0 Å². The Morgan fingerprint density at radius 1 is 0.900 bits per heavy atom. The van der Waals surface area contributed by atoms with Gasteiger partial charge in [0.1, 0.15) is 0 Å². The van der Waals surface area contributed by atoms with Crippen LogP contribution in [0.1, 0.15) is 29.9 Å². The van der Waals surface area contributed by atoms with E-state index in [1.54, 1.807) is 0 Å². The lowest BCUT2D eigenvalue weighted by molar-refractivity contribution is 0.563. The van der Waals surface area contributed by atoms with Gasteiger partial charge in [0, 0.05) is 0 Å². The van der Waals surface area contributed by atoms with Gasteiger partial charge in [-0.05, 0) is 64.4 Å². The molecule has 1 aliphatic rings. The van der Waals surface area contributed by atoms with Crippen molar-refractivity contribution >= 4 is 21.5 Å². The maximum Gasteiger partial charge on any atom is -0.000813 e. The minimum absolute atomic E-state index is 0.551. The quantitative estimate of drug-likeness (QED) is 0.647. The molecule has 2 N–H and O–H groups in total. The minimum Gasteiger partial charge on any atom is -0.330 e. The van der Waals surface area contributed by atoms with E-state index >= 15 is 0 Å². The van der Waals surface area contributed by atoms with Gasteiger partial charge in [0.25, 0.3) is 0 Å². The first-order valence-electron chi connectivity index (χ1n) is 7.52. The number of fused-ring (bicyclic) bond motifs is 5. The third-order valence-corrected chi connectivity index (χ3v) is 4.78. The Kier molecular flexibility index (Phi) is 2.75. The summed E-state index contributed by atoms with van der Waals surface area (Å²) in [6.45, 7) is 0.770. The molecule has 1 nitrogen and oxygen atoms in total. The minimum atomic E-state index is 0.551. The van der Waals surface area contributed by atoms with Crippen LogP contribution in [0.5, 0.6) is 0 Å². The first-order valence-corrected chi connectivity index (χ1v) is 7.52. The van der Waals surface area contributed by atoms with Crippen LogP contribution >= 0.6 is 0 Å². The van der Waals surface area contributed by atoms with Crippen LogP contribution in [-0.4, -0.2) is 6.54 Å². The van der Waals surface area contributed by atoms with Crippen molar-refractivity contribution in [3.8, 4) is 0 Å². The van der Waals surface area contributed by atoms with Gasteiger partial charge in [-0.1, -0.05) is 48.5 Å². The van der Waals surface area contributed by atoms with Crippen molar-refractivity contribution in [1.82, 2.24) is 0 Å². The highest BCUT2D eigenvalue weighted by molar-refractivity contribution is 6.08. The maximum atomic E-state index is 5.95. The highest BCUT2D eigenvalue weighted by atomic mass is 14.6. The molecule has 0 fully saturated rings. The fraction of sp³-hybridized carbons (Fsp3) is 0.263. The second kappa shape index (κ2) is 4.60. The van der Waals surface area contributed by atoms with E-state index in [0.717, 1.165) is 6.54 Å². The second-order valence-electron chi connectivity index (χ2n) is 5.84. The van der Waals surface area contributed by atoms with Gasteiger partial charge in [-0.3, -0.25) is 0 Å². The van der Waals surface area contributed by atoms with Crippen molar-refractivity contribution in [2.75, 3.05) is 6.54 Å². The predicted molar refractivity (Wildman–Crippen MR) is 86.2 cm³/mol. The molecular weight excluding hydrogens is 242 g/mol. The van der Waals surface area contributed by atoms with Crippen LogP contribution in [0.25, 0.3) is 21.5 Å². The normalized spacial score (nSPS) is 18.4. The molecule has 1 atom stereocenters. The van der Waals surface area contributed by atoms with E-state index in [4.69, 9.17) is 5.73 Å². The zero-order valence-corrected chi connectivity index (χ0v) is 11.6. The first kappa shape index (κ1) is 11.9. The molecule has 4 rings (SSSR count). The van der Waals surface area contributed by atoms with E-state index in [9.17, 15) is 0 Å². The van der Waals surface area contributed by atoms with Gasteiger partial charge < -0.3 is 5.73 Å². The molecule has 0 aliphatic heterocycles. The van der Waals surface area contributed by atoms with Gasteiger partial charge in [0.15, 0.2) is 0 Å². The standard InChI is InChI=1S/C19H19N/c20-12-14-5-3-7-17-16(14)10-11-18-15-6-2-1-4-13(15)8-9-19(17)18/h1-2,4,6,8-11,14H,3,5,7,12,20H2. The molecule has 3 aromatic carbocycles. The molecule has 1 heteroatoms. The lowest BCUT2D eigenvalue weighted by Crippen LogP contribution is -2.18. The molecule has 0 radical (unpaired) electrons. The zero-order chi connectivity index (χ0) is 13.5. The molecule has 0 amide bonds. The Balaban J connectivity index is 2.07. The Bertz CT molecular complexity index is 788. The third-order valence-electron chi connectivity index (χ3n) is 4.78. The summed E-state index contributed by atoms with van der Waals surface area (Å²) in [7, 11) is 0. The van der Waals surface area contributed by atoms with Crippen molar-refractivity contribution in [1.29, 1.82) is 0 Å². The lowest BCUT2D eigenvalue weighted by Gasteiger charge is -2.26. The summed E-state index contributed by atoms with van der Waals surface area (Å²) >= 11 is 0. The predicted octanol–water partition coefficient (Wildman–Crippen LogP) is 4.37. The molecule has 0 saturated carbocycles. The van der Waals surface area contributed by atoms with Crippen LogP contribution in [0, 0.1) is 0 Å². The molecule has 0 spiro atoms. The summed E-state index contributed by atoms with van der Waals surface area (Å²) in [5.74, 6) is 0.551. The summed E-state index contributed by atoms with van der Waals surface area (Å²) in [6.07, 6.45) is 3.70. The van der Waals surface area contributed by atoms with Crippen molar-refractivity contribution in [2.24, 2.45) is 5.73 Å². The van der Waals surface area contributed by atoms with E-state index < -0.39 is 0 Å². The van der Waals surface area contributed by atoms with E-state index in [2.05, 4.69) is 48.5 Å². The molecule has 20 heavy (non-hydrogen) atoms. The maximum absolute atomic E-state index is 5.95. The van der Waals surface area contributed by atoms with Crippen LogP contribution in [0.4, 0.5) is 0 Å². The van der Waals surface area contributed by atoms with E-state index in [-0.39, 0.29) is 0 Å². The molecule has 1 unspecified atom stereocenters.